The van der Waals surface area contributed by atoms with Gasteiger partial charge in [-0.1, -0.05) is 0 Å². The molecule has 0 radical (unpaired) electrons. The highest BCUT2D eigenvalue weighted by Crippen LogP contribution is 2.30. The summed E-state index contributed by atoms with van der Waals surface area (Å²) in [7, 11) is 0. The number of pyridine rings is 1. The molecule has 2 fully saturated rings. The minimum Gasteiger partial charge on any atom is -0.380 e. The van der Waals surface area contributed by atoms with E-state index in [0.29, 0.717) is 18.8 Å². The van der Waals surface area contributed by atoms with Crippen LogP contribution in [-0.4, -0.2) is 64.9 Å². The molecule has 0 bridgehead atoms. The quantitative estimate of drug-likeness (QED) is 0.789. The second-order valence-electron chi connectivity index (χ2n) is 7.98. The lowest BCUT2D eigenvalue weighted by molar-refractivity contribution is -0.132. The summed E-state index contributed by atoms with van der Waals surface area (Å²) in [6.07, 6.45) is 4.34. The number of rotatable bonds is 5. The molecule has 2 amide bonds. The molecule has 2 N–H and O–H groups in total. The number of likely N-dealkylation sites (tertiary alicyclic amines) is 2. The molecule has 3 heterocycles. The first-order valence-electron chi connectivity index (χ1n) is 10.4. The molecule has 1 aromatic carbocycles. The Morgan fingerprint density at radius 2 is 2.07 bits per heavy atom. The molecule has 2 saturated heterocycles. The average molecular weight is 406 g/mol. The van der Waals surface area contributed by atoms with Gasteiger partial charge in [0.15, 0.2) is 0 Å². The first kappa shape index (κ1) is 20.1. The number of anilines is 2. The van der Waals surface area contributed by atoms with Crippen molar-refractivity contribution in [1.29, 1.82) is 5.26 Å². The molecule has 156 valence electrons. The van der Waals surface area contributed by atoms with Crippen LogP contribution in [0.5, 0.6) is 0 Å². The van der Waals surface area contributed by atoms with Crippen LogP contribution in [0.25, 0.3) is 10.9 Å². The lowest BCUT2D eigenvalue weighted by Gasteiger charge is -2.23. The first-order valence-corrected chi connectivity index (χ1v) is 10.4. The van der Waals surface area contributed by atoms with Crippen molar-refractivity contribution in [3.8, 4) is 6.07 Å². The van der Waals surface area contributed by atoms with Gasteiger partial charge in [0.2, 0.25) is 11.8 Å². The van der Waals surface area contributed by atoms with Crippen molar-refractivity contribution in [3.63, 3.8) is 0 Å². The van der Waals surface area contributed by atoms with Gasteiger partial charge in [-0.2, -0.15) is 5.26 Å². The van der Waals surface area contributed by atoms with Crippen LogP contribution in [0.1, 0.15) is 26.2 Å². The second-order valence-corrected chi connectivity index (χ2v) is 7.98. The number of hydrogen-bond donors (Lipinski definition) is 2. The molecule has 8 nitrogen and oxygen atoms in total. The molecular weight excluding hydrogens is 380 g/mol. The maximum Gasteiger partial charge on any atom is 0.237 e. The summed E-state index contributed by atoms with van der Waals surface area (Å²) in [5.41, 5.74) is 2.41. The van der Waals surface area contributed by atoms with E-state index in [9.17, 15) is 14.9 Å². The van der Waals surface area contributed by atoms with E-state index in [1.807, 2.05) is 24.3 Å². The normalized spacial score (nSPS) is 21.5. The van der Waals surface area contributed by atoms with Gasteiger partial charge < -0.3 is 15.5 Å². The molecule has 30 heavy (non-hydrogen) atoms. The molecule has 2 aliphatic heterocycles. The van der Waals surface area contributed by atoms with Crippen molar-refractivity contribution in [3.05, 3.63) is 30.5 Å². The molecule has 4 rings (SSSR count). The summed E-state index contributed by atoms with van der Waals surface area (Å²) in [6.45, 7) is 4.14. The van der Waals surface area contributed by atoms with Gasteiger partial charge in [0, 0.05) is 49.9 Å². The predicted octanol–water partition coefficient (Wildman–Crippen LogP) is 2.19. The van der Waals surface area contributed by atoms with Crippen molar-refractivity contribution >= 4 is 34.1 Å². The van der Waals surface area contributed by atoms with Crippen molar-refractivity contribution in [2.24, 2.45) is 0 Å². The van der Waals surface area contributed by atoms with Crippen LogP contribution in [0.3, 0.4) is 0 Å². The van der Waals surface area contributed by atoms with Crippen LogP contribution in [0.15, 0.2) is 30.5 Å². The van der Waals surface area contributed by atoms with Gasteiger partial charge in [0.25, 0.3) is 0 Å². The van der Waals surface area contributed by atoms with Crippen LogP contribution in [0.4, 0.5) is 11.4 Å². The van der Waals surface area contributed by atoms with Gasteiger partial charge in [-0.15, -0.1) is 0 Å². The number of fused-ring (bicyclic) bond motifs is 1. The fraction of sp³-hybridized carbons (Fsp3) is 0.455. The number of nitriles is 1. The fourth-order valence-corrected chi connectivity index (χ4v) is 4.38. The van der Waals surface area contributed by atoms with Crippen molar-refractivity contribution in [2.45, 2.75) is 38.3 Å². The third-order valence-electron chi connectivity index (χ3n) is 5.79. The van der Waals surface area contributed by atoms with Crippen LogP contribution in [0.2, 0.25) is 0 Å². The molecule has 1 unspecified atom stereocenters. The number of carbonyl (C=O) groups excluding carboxylic acids is 2. The van der Waals surface area contributed by atoms with Crippen molar-refractivity contribution in [2.75, 3.05) is 36.8 Å². The largest absolute Gasteiger partial charge is 0.380 e. The number of hydrogen-bond acceptors (Lipinski definition) is 6. The van der Waals surface area contributed by atoms with E-state index in [0.717, 1.165) is 48.9 Å². The Kier molecular flexibility index (Phi) is 5.81. The zero-order valence-electron chi connectivity index (χ0n) is 17.1. The summed E-state index contributed by atoms with van der Waals surface area (Å²) >= 11 is 0. The Balaban J connectivity index is 1.41. The van der Waals surface area contributed by atoms with E-state index >= 15 is 0 Å². The molecule has 2 atom stereocenters. The Morgan fingerprint density at radius 3 is 2.87 bits per heavy atom. The highest BCUT2D eigenvalue weighted by Gasteiger charge is 2.31. The third-order valence-corrected chi connectivity index (χ3v) is 5.79. The summed E-state index contributed by atoms with van der Waals surface area (Å²) in [5.74, 6) is -0.0792. The number of aromatic nitrogens is 1. The lowest BCUT2D eigenvalue weighted by Crippen LogP contribution is -2.42. The monoisotopic (exact) mass is 406 g/mol. The van der Waals surface area contributed by atoms with Crippen LogP contribution in [-0.2, 0) is 9.59 Å². The molecule has 0 aliphatic carbocycles. The van der Waals surface area contributed by atoms with Crippen LogP contribution >= 0.6 is 0 Å². The number of nitrogens with zero attached hydrogens (tertiary/aromatic N) is 4. The molecule has 0 spiro atoms. The Bertz CT molecular complexity index is 1000. The standard InChI is InChI=1S/C22H26N6O2/c1-15(29)25-20-7-6-19(18-5-2-9-24-22(18)20)26-16-8-11-27(13-16)14-21(30)28-10-3-4-17(28)12-23/h2,5-7,9,16-17,26H,3-4,8,10-11,13-14H2,1H3,(H,25,29)/t16-,17?/m0/s1. The smallest absolute Gasteiger partial charge is 0.237 e. The molecule has 8 heteroatoms. The average Bonchev–Trinajstić information content (AvgIpc) is 3.38. The van der Waals surface area contributed by atoms with Crippen molar-refractivity contribution < 1.29 is 9.59 Å². The van der Waals surface area contributed by atoms with Crippen LogP contribution in [0, 0.1) is 11.3 Å². The summed E-state index contributed by atoms with van der Waals surface area (Å²) < 4.78 is 0. The highest BCUT2D eigenvalue weighted by molar-refractivity contribution is 6.04. The summed E-state index contributed by atoms with van der Waals surface area (Å²) in [5, 5.41) is 16.6. The second kappa shape index (κ2) is 8.67. The van der Waals surface area contributed by atoms with Gasteiger partial charge in [-0.3, -0.25) is 19.5 Å². The van der Waals surface area contributed by atoms with E-state index in [2.05, 4.69) is 26.6 Å². The van der Waals surface area contributed by atoms with E-state index in [1.165, 1.54) is 6.92 Å². The van der Waals surface area contributed by atoms with E-state index in [1.54, 1.807) is 11.1 Å². The molecule has 2 aliphatic rings. The molecular formula is C22H26N6O2. The van der Waals surface area contributed by atoms with Gasteiger partial charge in [-0.05, 0) is 43.5 Å². The SMILES string of the molecule is CC(=O)Nc1ccc(N[C@H]2CCN(CC(=O)N3CCCC3C#N)C2)c2cccnc12. The first-order chi connectivity index (χ1) is 14.5. The molecule has 2 aromatic rings. The van der Waals surface area contributed by atoms with Crippen LogP contribution < -0.4 is 10.6 Å². The Labute approximate surface area is 175 Å². The summed E-state index contributed by atoms with van der Waals surface area (Å²) in [6, 6.07) is 9.89. The predicted molar refractivity (Wildman–Crippen MR) is 115 cm³/mol. The number of carbonyl (C=O) groups is 2. The van der Waals surface area contributed by atoms with Gasteiger partial charge in [0.1, 0.15) is 6.04 Å². The zero-order chi connectivity index (χ0) is 21.1. The van der Waals surface area contributed by atoms with E-state index in [-0.39, 0.29) is 23.9 Å². The maximum atomic E-state index is 12.6. The van der Waals surface area contributed by atoms with Gasteiger partial charge >= 0.3 is 0 Å². The minimum atomic E-state index is -0.269. The highest BCUT2D eigenvalue weighted by atomic mass is 16.2. The van der Waals surface area contributed by atoms with Gasteiger partial charge in [-0.25, -0.2) is 0 Å². The van der Waals surface area contributed by atoms with Crippen molar-refractivity contribution in [1.82, 2.24) is 14.8 Å². The van der Waals surface area contributed by atoms with E-state index in [4.69, 9.17) is 0 Å². The topological polar surface area (TPSA) is 101 Å². The molecule has 1 aromatic heterocycles. The lowest BCUT2D eigenvalue weighted by atomic mass is 10.1. The third kappa shape index (κ3) is 4.21. The number of amides is 2. The fourth-order valence-electron chi connectivity index (χ4n) is 4.38. The van der Waals surface area contributed by atoms with Gasteiger partial charge in [0.05, 0.1) is 23.8 Å². The Morgan fingerprint density at radius 1 is 1.23 bits per heavy atom. The number of nitrogens with one attached hydrogen (secondary N) is 2. The molecule has 0 saturated carbocycles. The van der Waals surface area contributed by atoms with E-state index < -0.39 is 0 Å². The number of benzene rings is 1. The summed E-state index contributed by atoms with van der Waals surface area (Å²) in [4.78, 5) is 32.4. The maximum absolute atomic E-state index is 12.6. The Hall–Kier alpha value is -3.18. The zero-order valence-corrected chi connectivity index (χ0v) is 17.1. The minimum absolute atomic E-state index is 0.0500.